The minimum atomic E-state index is -0.136. The van der Waals surface area contributed by atoms with Crippen molar-refractivity contribution in [3.05, 3.63) is 69.5 Å². The molecule has 0 atom stereocenters. The highest BCUT2D eigenvalue weighted by molar-refractivity contribution is 5.55. The second-order valence-corrected chi connectivity index (χ2v) is 7.19. The van der Waals surface area contributed by atoms with Gasteiger partial charge in [0.2, 0.25) is 11.7 Å². The first-order valence-electron chi connectivity index (χ1n) is 9.11. The highest BCUT2D eigenvalue weighted by atomic mass is 16.5. The predicted octanol–water partition coefficient (Wildman–Crippen LogP) is 2.86. The van der Waals surface area contributed by atoms with Gasteiger partial charge in [-0.3, -0.25) is 9.69 Å². The maximum absolute atomic E-state index is 12.5. The summed E-state index contributed by atoms with van der Waals surface area (Å²) >= 11 is 0. The number of aromatic nitrogens is 3. The zero-order valence-electron chi connectivity index (χ0n) is 14.4. The summed E-state index contributed by atoms with van der Waals surface area (Å²) in [6.07, 6.45) is 3.03. The van der Waals surface area contributed by atoms with Crippen molar-refractivity contribution in [3.63, 3.8) is 0 Å². The number of hydrogen-bond acceptors (Lipinski definition) is 5. The lowest BCUT2D eigenvalue weighted by molar-refractivity contribution is 0.243. The van der Waals surface area contributed by atoms with Crippen LogP contribution in [0.15, 0.2) is 45.7 Å². The minimum absolute atomic E-state index is 0.136. The third kappa shape index (κ3) is 2.97. The molecule has 0 spiro atoms. The Morgan fingerprint density at radius 3 is 2.88 bits per heavy atom. The van der Waals surface area contributed by atoms with Crippen LogP contribution >= 0.6 is 0 Å². The van der Waals surface area contributed by atoms with Crippen molar-refractivity contribution in [1.82, 2.24) is 20.0 Å². The Kier molecular flexibility index (Phi) is 3.71. The van der Waals surface area contributed by atoms with Crippen molar-refractivity contribution >= 4 is 0 Å². The normalized spacial score (nSPS) is 17.2. The van der Waals surface area contributed by atoms with Crippen LogP contribution in [0.4, 0.5) is 0 Å². The number of hydrogen-bond donors (Lipinski definition) is 1. The van der Waals surface area contributed by atoms with Gasteiger partial charge in [0.15, 0.2) is 0 Å². The average molecular weight is 348 g/mol. The van der Waals surface area contributed by atoms with Crippen LogP contribution in [0, 0.1) is 0 Å². The molecule has 5 rings (SSSR count). The van der Waals surface area contributed by atoms with Gasteiger partial charge in [-0.05, 0) is 30.0 Å². The molecule has 6 heteroatoms. The summed E-state index contributed by atoms with van der Waals surface area (Å²) in [7, 11) is 0. The molecule has 1 aliphatic heterocycles. The summed E-state index contributed by atoms with van der Waals surface area (Å²) in [6, 6.07) is 12.4. The lowest BCUT2D eigenvalue weighted by Gasteiger charge is -2.28. The van der Waals surface area contributed by atoms with Gasteiger partial charge in [-0.25, -0.2) is 0 Å². The fourth-order valence-corrected chi connectivity index (χ4v) is 3.55. The molecule has 1 fully saturated rings. The number of aromatic amines is 1. The summed E-state index contributed by atoms with van der Waals surface area (Å²) < 4.78 is 5.32. The van der Waals surface area contributed by atoms with Crippen LogP contribution in [0.3, 0.4) is 0 Å². The minimum Gasteiger partial charge on any atom is -0.339 e. The molecular weight excluding hydrogens is 328 g/mol. The largest absolute Gasteiger partial charge is 0.339 e. The van der Waals surface area contributed by atoms with Crippen LogP contribution in [0.1, 0.15) is 41.5 Å². The Morgan fingerprint density at radius 1 is 1.23 bits per heavy atom. The van der Waals surface area contributed by atoms with E-state index in [1.54, 1.807) is 0 Å². The Bertz CT molecular complexity index is 989. The predicted molar refractivity (Wildman–Crippen MR) is 96.6 cm³/mol. The van der Waals surface area contributed by atoms with Crippen LogP contribution in [-0.4, -0.2) is 26.6 Å². The van der Waals surface area contributed by atoms with E-state index in [1.807, 2.05) is 12.1 Å². The SMILES string of the molecule is O=c1[nH]c2c(cc1-c1noc(C3CC3)n1)CN(Cc1ccccc1)CC2. The molecule has 1 aliphatic carbocycles. The number of H-pyrrole nitrogens is 1. The highest BCUT2D eigenvalue weighted by Crippen LogP contribution is 2.39. The zero-order chi connectivity index (χ0) is 17.5. The molecular formula is C20H20N4O2. The number of nitrogens with one attached hydrogen (secondary N) is 1. The van der Waals surface area contributed by atoms with E-state index in [-0.39, 0.29) is 5.56 Å². The summed E-state index contributed by atoms with van der Waals surface area (Å²) in [5.74, 6) is 1.44. The van der Waals surface area contributed by atoms with Crippen LogP contribution in [0.25, 0.3) is 11.4 Å². The van der Waals surface area contributed by atoms with E-state index >= 15 is 0 Å². The molecule has 0 radical (unpaired) electrons. The lowest BCUT2D eigenvalue weighted by atomic mass is 10.0. The van der Waals surface area contributed by atoms with Crippen molar-refractivity contribution in [2.45, 2.75) is 38.3 Å². The van der Waals surface area contributed by atoms with Gasteiger partial charge in [-0.2, -0.15) is 4.98 Å². The molecule has 1 aromatic carbocycles. The van der Waals surface area contributed by atoms with Crippen LogP contribution < -0.4 is 5.56 Å². The van der Waals surface area contributed by atoms with Gasteiger partial charge in [0.25, 0.3) is 5.56 Å². The Labute approximate surface area is 150 Å². The number of rotatable bonds is 4. The van der Waals surface area contributed by atoms with Gasteiger partial charge in [0, 0.05) is 37.7 Å². The molecule has 0 unspecified atom stereocenters. The summed E-state index contributed by atoms with van der Waals surface area (Å²) in [5, 5.41) is 4.02. The van der Waals surface area contributed by atoms with Gasteiger partial charge >= 0.3 is 0 Å². The molecule has 0 saturated heterocycles. The average Bonchev–Trinajstić information content (AvgIpc) is 3.40. The fourth-order valence-electron chi connectivity index (χ4n) is 3.55. The van der Waals surface area contributed by atoms with Gasteiger partial charge < -0.3 is 9.51 Å². The molecule has 3 aromatic rings. The standard InChI is InChI=1S/C20H20N4O2/c25-19-16(18-22-20(26-23-18)14-6-7-14)10-15-12-24(9-8-17(15)21-19)11-13-4-2-1-3-5-13/h1-5,10,14H,6-9,11-12H2,(H,21,25). The Balaban J connectivity index is 1.42. The summed E-state index contributed by atoms with van der Waals surface area (Å²) in [6.45, 7) is 2.65. The van der Waals surface area contributed by atoms with Crippen molar-refractivity contribution in [2.24, 2.45) is 0 Å². The van der Waals surface area contributed by atoms with Gasteiger partial charge in [-0.1, -0.05) is 35.5 Å². The number of pyridine rings is 1. The van der Waals surface area contributed by atoms with Gasteiger partial charge in [-0.15, -0.1) is 0 Å². The first-order valence-corrected chi connectivity index (χ1v) is 9.11. The quantitative estimate of drug-likeness (QED) is 0.785. The lowest BCUT2D eigenvalue weighted by Crippen LogP contribution is -2.32. The monoisotopic (exact) mass is 348 g/mol. The number of nitrogens with zero attached hydrogens (tertiary/aromatic N) is 3. The van der Waals surface area contributed by atoms with Gasteiger partial charge in [0.1, 0.15) is 0 Å². The fraction of sp³-hybridized carbons (Fsp3) is 0.350. The topological polar surface area (TPSA) is 75.0 Å². The Hall–Kier alpha value is -2.73. The van der Waals surface area contributed by atoms with Crippen LogP contribution in [-0.2, 0) is 19.5 Å². The maximum atomic E-state index is 12.5. The molecule has 2 aromatic heterocycles. The molecule has 1 N–H and O–H groups in total. The molecule has 26 heavy (non-hydrogen) atoms. The van der Waals surface area contributed by atoms with Crippen molar-refractivity contribution in [2.75, 3.05) is 6.54 Å². The van der Waals surface area contributed by atoms with E-state index in [0.717, 1.165) is 50.2 Å². The Morgan fingerprint density at radius 2 is 2.08 bits per heavy atom. The number of fused-ring (bicyclic) bond motifs is 1. The molecule has 1 saturated carbocycles. The van der Waals surface area contributed by atoms with Gasteiger partial charge in [0.05, 0.1) is 5.56 Å². The van der Waals surface area contributed by atoms with E-state index in [0.29, 0.717) is 23.2 Å². The number of benzene rings is 1. The van der Waals surface area contributed by atoms with E-state index in [4.69, 9.17) is 4.52 Å². The van der Waals surface area contributed by atoms with E-state index in [1.165, 1.54) is 5.56 Å². The van der Waals surface area contributed by atoms with E-state index in [2.05, 4.69) is 44.3 Å². The molecule has 0 amide bonds. The molecule has 0 bridgehead atoms. The van der Waals surface area contributed by atoms with Crippen molar-refractivity contribution in [3.8, 4) is 11.4 Å². The smallest absolute Gasteiger partial charge is 0.259 e. The molecule has 3 heterocycles. The first kappa shape index (κ1) is 15.5. The molecule has 6 nitrogen and oxygen atoms in total. The van der Waals surface area contributed by atoms with Crippen LogP contribution in [0.2, 0.25) is 0 Å². The third-order valence-corrected chi connectivity index (χ3v) is 5.15. The zero-order valence-corrected chi connectivity index (χ0v) is 14.4. The second-order valence-electron chi connectivity index (χ2n) is 7.19. The summed E-state index contributed by atoms with van der Waals surface area (Å²) in [5.41, 5.74) is 3.82. The maximum Gasteiger partial charge on any atom is 0.259 e. The summed E-state index contributed by atoms with van der Waals surface area (Å²) in [4.78, 5) is 22.3. The highest BCUT2D eigenvalue weighted by Gasteiger charge is 2.30. The van der Waals surface area contributed by atoms with Crippen LogP contribution in [0.5, 0.6) is 0 Å². The second kappa shape index (κ2) is 6.21. The van der Waals surface area contributed by atoms with Crippen molar-refractivity contribution < 1.29 is 4.52 Å². The van der Waals surface area contributed by atoms with E-state index < -0.39 is 0 Å². The molecule has 2 aliphatic rings. The van der Waals surface area contributed by atoms with E-state index in [9.17, 15) is 4.79 Å². The third-order valence-electron chi connectivity index (χ3n) is 5.15. The first-order chi connectivity index (χ1) is 12.8. The van der Waals surface area contributed by atoms with Crippen molar-refractivity contribution in [1.29, 1.82) is 0 Å². The molecule has 132 valence electrons.